The lowest BCUT2D eigenvalue weighted by molar-refractivity contribution is 0.721. The van der Waals surface area contributed by atoms with E-state index in [-0.39, 0.29) is 0 Å². The quantitative estimate of drug-likeness (QED) is 0.665. The summed E-state index contributed by atoms with van der Waals surface area (Å²) in [6.45, 7) is 0. The van der Waals surface area contributed by atoms with Crippen LogP contribution in [0.2, 0.25) is 0 Å². The lowest BCUT2D eigenvalue weighted by Gasteiger charge is -2.07. The molecule has 0 aliphatic carbocycles. The third-order valence-electron chi connectivity index (χ3n) is 2.50. The van der Waals surface area contributed by atoms with Gasteiger partial charge in [0.15, 0.2) is 6.33 Å². The SMILES string of the molecule is [c]1ccc(-c2ccccc2-n2ncnn2)cc1. The zero-order chi connectivity index (χ0) is 11.5. The summed E-state index contributed by atoms with van der Waals surface area (Å²) in [6, 6.07) is 18.8. The van der Waals surface area contributed by atoms with Gasteiger partial charge in [-0.05, 0) is 22.9 Å². The van der Waals surface area contributed by atoms with E-state index in [1.54, 1.807) is 0 Å². The molecule has 0 spiro atoms. The van der Waals surface area contributed by atoms with Crippen molar-refractivity contribution in [3.05, 3.63) is 60.9 Å². The molecule has 1 aromatic heterocycles. The minimum absolute atomic E-state index is 0.913. The summed E-state index contributed by atoms with van der Waals surface area (Å²) in [5, 5.41) is 11.7. The highest BCUT2D eigenvalue weighted by molar-refractivity contribution is 5.72. The third-order valence-corrected chi connectivity index (χ3v) is 2.50. The molecule has 17 heavy (non-hydrogen) atoms. The first-order valence-electron chi connectivity index (χ1n) is 5.24. The fraction of sp³-hybridized carbons (Fsp3) is 0. The second kappa shape index (κ2) is 4.17. The van der Waals surface area contributed by atoms with Crippen LogP contribution in [0.25, 0.3) is 16.8 Å². The van der Waals surface area contributed by atoms with E-state index < -0.39 is 0 Å². The van der Waals surface area contributed by atoms with E-state index in [4.69, 9.17) is 0 Å². The Morgan fingerprint density at radius 2 is 1.82 bits per heavy atom. The van der Waals surface area contributed by atoms with Crippen LogP contribution in [0.5, 0.6) is 0 Å². The van der Waals surface area contributed by atoms with E-state index in [0.717, 1.165) is 16.8 Å². The van der Waals surface area contributed by atoms with Crippen molar-refractivity contribution >= 4 is 0 Å². The lowest BCUT2D eigenvalue weighted by atomic mass is 10.0. The van der Waals surface area contributed by atoms with Crippen molar-refractivity contribution in [1.82, 2.24) is 20.2 Å². The van der Waals surface area contributed by atoms with Crippen molar-refractivity contribution in [3.63, 3.8) is 0 Å². The molecule has 0 saturated heterocycles. The van der Waals surface area contributed by atoms with Crippen LogP contribution in [0.15, 0.2) is 54.9 Å². The third kappa shape index (κ3) is 1.80. The summed E-state index contributed by atoms with van der Waals surface area (Å²) < 4.78 is 0. The number of para-hydroxylation sites is 1. The molecule has 0 fully saturated rings. The van der Waals surface area contributed by atoms with Crippen molar-refractivity contribution < 1.29 is 0 Å². The Morgan fingerprint density at radius 3 is 2.59 bits per heavy atom. The van der Waals surface area contributed by atoms with Gasteiger partial charge in [-0.2, -0.15) is 0 Å². The van der Waals surface area contributed by atoms with Crippen molar-refractivity contribution in [1.29, 1.82) is 0 Å². The van der Waals surface area contributed by atoms with Gasteiger partial charge in [0, 0.05) is 5.56 Å². The average molecular weight is 221 g/mol. The monoisotopic (exact) mass is 221 g/mol. The van der Waals surface area contributed by atoms with E-state index in [1.807, 2.05) is 48.5 Å². The van der Waals surface area contributed by atoms with Crippen molar-refractivity contribution in [2.24, 2.45) is 0 Å². The molecule has 0 unspecified atom stereocenters. The molecule has 1 heterocycles. The molecule has 0 atom stereocenters. The summed E-state index contributed by atoms with van der Waals surface area (Å²) in [5.74, 6) is 0. The minimum atomic E-state index is 0.913. The molecule has 0 amide bonds. The second-order valence-corrected chi connectivity index (χ2v) is 3.53. The first-order valence-corrected chi connectivity index (χ1v) is 5.24. The van der Waals surface area contributed by atoms with Gasteiger partial charge in [0.25, 0.3) is 0 Å². The normalized spacial score (nSPS) is 10.4. The Hall–Kier alpha value is -2.49. The molecule has 3 rings (SSSR count). The van der Waals surface area contributed by atoms with Crippen LogP contribution < -0.4 is 0 Å². The number of nitrogens with zero attached hydrogens (tertiary/aromatic N) is 4. The molecule has 3 aromatic rings. The Kier molecular flexibility index (Phi) is 2.38. The van der Waals surface area contributed by atoms with Gasteiger partial charge < -0.3 is 0 Å². The first kappa shape index (κ1) is 9.72. The summed E-state index contributed by atoms with van der Waals surface area (Å²) in [5.41, 5.74) is 3.09. The maximum Gasteiger partial charge on any atom is 0.162 e. The van der Waals surface area contributed by atoms with Gasteiger partial charge in [0.1, 0.15) is 0 Å². The second-order valence-electron chi connectivity index (χ2n) is 3.53. The summed E-state index contributed by atoms with van der Waals surface area (Å²) in [4.78, 5) is 1.52. The number of aromatic nitrogens is 4. The number of benzene rings is 2. The molecule has 2 aromatic carbocycles. The molecule has 0 bridgehead atoms. The number of hydrogen-bond acceptors (Lipinski definition) is 3. The first-order chi connectivity index (χ1) is 8.45. The lowest BCUT2D eigenvalue weighted by Crippen LogP contribution is -2.00. The number of rotatable bonds is 2. The van der Waals surface area contributed by atoms with Crippen molar-refractivity contribution in [2.75, 3.05) is 0 Å². The predicted molar refractivity (Wildman–Crippen MR) is 63.4 cm³/mol. The largest absolute Gasteiger partial charge is 0.162 e. The molecule has 81 valence electrons. The summed E-state index contributed by atoms with van der Waals surface area (Å²) >= 11 is 0. The Morgan fingerprint density at radius 1 is 1.00 bits per heavy atom. The number of hydrogen-bond donors (Lipinski definition) is 0. The van der Waals surface area contributed by atoms with E-state index in [9.17, 15) is 0 Å². The predicted octanol–water partition coefficient (Wildman–Crippen LogP) is 2.13. The van der Waals surface area contributed by atoms with E-state index in [0.29, 0.717) is 0 Å². The zero-order valence-corrected chi connectivity index (χ0v) is 8.99. The van der Waals surface area contributed by atoms with Crippen LogP contribution in [0.4, 0.5) is 0 Å². The molecule has 0 N–H and O–H groups in total. The van der Waals surface area contributed by atoms with Crippen LogP contribution in [0.3, 0.4) is 0 Å². The average Bonchev–Trinajstić information content (AvgIpc) is 2.94. The fourth-order valence-corrected chi connectivity index (χ4v) is 1.74. The maximum absolute atomic E-state index is 4.06. The molecule has 0 aliphatic heterocycles. The van der Waals surface area contributed by atoms with Gasteiger partial charge in [0.05, 0.1) is 5.69 Å². The summed E-state index contributed by atoms with van der Waals surface area (Å²) in [7, 11) is 0. The fourth-order valence-electron chi connectivity index (χ4n) is 1.74. The van der Waals surface area contributed by atoms with Gasteiger partial charge in [-0.3, -0.25) is 0 Å². The molecule has 0 aliphatic rings. The van der Waals surface area contributed by atoms with Gasteiger partial charge >= 0.3 is 0 Å². The van der Waals surface area contributed by atoms with Crippen LogP contribution in [-0.4, -0.2) is 20.2 Å². The van der Waals surface area contributed by atoms with E-state index >= 15 is 0 Å². The summed E-state index contributed by atoms with van der Waals surface area (Å²) in [6.07, 6.45) is 1.43. The Bertz CT molecular complexity index is 602. The minimum Gasteiger partial charge on any atom is -0.135 e. The number of tetrazole rings is 1. The molecule has 4 heteroatoms. The van der Waals surface area contributed by atoms with Gasteiger partial charge in [-0.1, -0.05) is 42.5 Å². The molecular weight excluding hydrogens is 212 g/mol. The van der Waals surface area contributed by atoms with Gasteiger partial charge in [-0.15, -0.1) is 15.0 Å². The van der Waals surface area contributed by atoms with Crippen LogP contribution in [0.1, 0.15) is 0 Å². The molecular formula is C13H9N4. The van der Waals surface area contributed by atoms with Crippen molar-refractivity contribution in [3.8, 4) is 16.8 Å². The highest BCUT2D eigenvalue weighted by Gasteiger charge is 2.07. The van der Waals surface area contributed by atoms with Crippen LogP contribution >= 0.6 is 0 Å². The van der Waals surface area contributed by atoms with Crippen LogP contribution in [0, 0.1) is 6.07 Å². The topological polar surface area (TPSA) is 43.6 Å². The van der Waals surface area contributed by atoms with E-state index in [2.05, 4.69) is 21.5 Å². The van der Waals surface area contributed by atoms with Gasteiger partial charge in [0.2, 0.25) is 0 Å². The maximum atomic E-state index is 4.06. The van der Waals surface area contributed by atoms with Crippen LogP contribution in [-0.2, 0) is 0 Å². The molecule has 1 radical (unpaired) electrons. The highest BCUT2D eigenvalue weighted by Crippen LogP contribution is 2.24. The highest BCUT2D eigenvalue weighted by atomic mass is 15.6. The molecule has 4 nitrogen and oxygen atoms in total. The van der Waals surface area contributed by atoms with Crippen molar-refractivity contribution in [2.45, 2.75) is 0 Å². The van der Waals surface area contributed by atoms with E-state index in [1.165, 1.54) is 11.1 Å². The zero-order valence-electron chi connectivity index (χ0n) is 8.99. The van der Waals surface area contributed by atoms with Gasteiger partial charge in [-0.25, -0.2) is 0 Å². The smallest absolute Gasteiger partial charge is 0.135 e. The Labute approximate surface area is 98.5 Å². The molecule has 0 saturated carbocycles. The Balaban J connectivity index is 2.18. The standard InChI is InChI=1S/C13H9N4/c1-2-6-11(7-3-1)12-8-4-5-9-13(12)17-15-10-14-16-17/h2-10H.